The number of likely N-dealkylation sites (tertiary alicyclic amines) is 1. The summed E-state index contributed by atoms with van der Waals surface area (Å²) < 4.78 is 13.8. The van der Waals surface area contributed by atoms with Gasteiger partial charge in [-0.05, 0) is 85.7 Å². The Balaban J connectivity index is 1.23. The van der Waals surface area contributed by atoms with Crippen LogP contribution < -0.4 is 4.90 Å². The van der Waals surface area contributed by atoms with Crippen molar-refractivity contribution >= 4 is 34.2 Å². The maximum absolute atomic E-state index is 13.8. The summed E-state index contributed by atoms with van der Waals surface area (Å²) in [6.07, 6.45) is 6.13. The number of nitrogens with zero attached hydrogens (tertiary/aromatic N) is 3. The molecule has 1 saturated heterocycles. The minimum absolute atomic E-state index is 0.0330. The van der Waals surface area contributed by atoms with Crippen LogP contribution >= 0.6 is 11.6 Å². The van der Waals surface area contributed by atoms with Gasteiger partial charge in [-0.1, -0.05) is 11.6 Å². The van der Waals surface area contributed by atoms with Crippen LogP contribution in [0.25, 0.3) is 10.9 Å². The number of benzene rings is 2. The number of urea groups is 1. The summed E-state index contributed by atoms with van der Waals surface area (Å²) in [5, 5.41) is 1.59. The lowest BCUT2D eigenvalue weighted by molar-refractivity contribution is -0.000926. The van der Waals surface area contributed by atoms with Gasteiger partial charge in [-0.2, -0.15) is 0 Å². The summed E-state index contributed by atoms with van der Waals surface area (Å²) in [6.45, 7) is 1.62. The zero-order valence-electron chi connectivity index (χ0n) is 17.5. The molecule has 1 aliphatic carbocycles. The summed E-state index contributed by atoms with van der Waals surface area (Å²) >= 11 is 5.95. The van der Waals surface area contributed by atoms with E-state index in [1.165, 1.54) is 11.6 Å². The molecule has 4 nitrogen and oxygen atoms in total. The SMILES string of the molecule is CN(C(=O)N1CC2(CCC(c3ccnc4ccc(F)cc34)CC2)C1)c1ccc(Cl)cc1. The summed E-state index contributed by atoms with van der Waals surface area (Å²) in [5.41, 5.74) is 3.12. The predicted molar refractivity (Wildman–Crippen MR) is 122 cm³/mol. The average Bonchev–Trinajstić information content (AvgIpc) is 2.77. The third-order valence-electron chi connectivity index (χ3n) is 7.05. The molecule has 31 heavy (non-hydrogen) atoms. The minimum Gasteiger partial charge on any atom is -0.323 e. The average molecular weight is 438 g/mol. The van der Waals surface area contributed by atoms with Gasteiger partial charge in [-0.3, -0.25) is 9.88 Å². The zero-order valence-corrected chi connectivity index (χ0v) is 18.3. The number of carbonyl (C=O) groups is 1. The van der Waals surface area contributed by atoms with E-state index in [0.717, 1.165) is 55.4 Å². The van der Waals surface area contributed by atoms with Gasteiger partial charge in [0, 0.05) is 47.8 Å². The molecule has 0 unspecified atom stereocenters. The van der Waals surface area contributed by atoms with Crippen molar-refractivity contribution in [3.8, 4) is 0 Å². The van der Waals surface area contributed by atoms with Gasteiger partial charge >= 0.3 is 6.03 Å². The van der Waals surface area contributed by atoms with Crippen LogP contribution in [0.2, 0.25) is 5.02 Å². The highest BCUT2D eigenvalue weighted by molar-refractivity contribution is 6.30. The third kappa shape index (κ3) is 3.76. The summed E-state index contributed by atoms with van der Waals surface area (Å²) in [7, 11) is 1.81. The Labute approximate surface area is 186 Å². The molecule has 0 radical (unpaired) electrons. The number of hydrogen-bond acceptors (Lipinski definition) is 2. The van der Waals surface area contributed by atoms with E-state index in [1.807, 2.05) is 29.3 Å². The molecular formula is C25H25ClFN3O. The molecular weight excluding hydrogens is 413 g/mol. The number of rotatable bonds is 2. The highest BCUT2D eigenvalue weighted by Gasteiger charge is 2.47. The Morgan fingerprint density at radius 2 is 1.84 bits per heavy atom. The van der Waals surface area contributed by atoms with Crippen molar-refractivity contribution in [2.24, 2.45) is 5.41 Å². The number of pyridine rings is 1. The second-order valence-electron chi connectivity index (χ2n) is 9.01. The Morgan fingerprint density at radius 1 is 1.13 bits per heavy atom. The number of fused-ring (bicyclic) bond motifs is 1. The first-order valence-electron chi connectivity index (χ1n) is 10.8. The number of hydrogen-bond donors (Lipinski definition) is 0. The van der Waals surface area contributed by atoms with Crippen molar-refractivity contribution in [1.29, 1.82) is 0 Å². The molecule has 5 rings (SSSR count). The maximum Gasteiger partial charge on any atom is 0.324 e. The first-order chi connectivity index (χ1) is 14.9. The molecule has 2 heterocycles. The normalized spacial score (nSPS) is 18.2. The van der Waals surface area contributed by atoms with E-state index in [1.54, 1.807) is 36.2 Å². The molecule has 1 aliphatic heterocycles. The monoisotopic (exact) mass is 437 g/mol. The Bertz CT molecular complexity index is 1120. The highest BCUT2D eigenvalue weighted by atomic mass is 35.5. The Kier molecular flexibility index (Phi) is 5.09. The van der Waals surface area contributed by atoms with Gasteiger partial charge < -0.3 is 4.90 Å². The number of carbonyl (C=O) groups excluding carboxylic acids is 1. The van der Waals surface area contributed by atoms with E-state index in [9.17, 15) is 9.18 Å². The van der Waals surface area contributed by atoms with Crippen LogP contribution in [0.1, 0.15) is 37.2 Å². The standard InChI is InChI=1S/C25H25ClFN3O/c1-29(20-5-2-18(26)3-6-20)24(31)30-15-25(16-30)11-8-17(9-12-25)21-10-13-28-23-7-4-19(27)14-22(21)23/h2-7,10,13-14,17H,8-9,11-12,15-16H2,1H3. The van der Waals surface area contributed by atoms with E-state index in [2.05, 4.69) is 4.98 Å². The summed E-state index contributed by atoms with van der Waals surface area (Å²) in [6, 6.07) is 14.2. The van der Waals surface area contributed by atoms with Crippen molar-refractivity contribution in [2.75, 3.05) is 25.0 Å². The first kappa shape index (κ1) is 20.3. The fourth-order valence-electron chi connectivity index (χ4n) is 5.24. The molecule has 6 heteroatoms. The molecule has 1 saturated carbocycles. The van der Waals surface area contributed by atoms with Gasteiger partial charge in [-0.25, -0.2) is 9.18 Å². The number of aromatic nitrogens is 1. The van der Waals surface area contributed by atoms with Crippen molar-refractivity contribution < 1.29 is 9.18 Å². The second-order valence-corrected chi connectivity index (χ2v) is 9.45. The van der Waals surface area contributed by atoms with Crippen molar-refractivity contribution in [3.63, 3.8) is 0 Å². The lowest BCUT2D eigenvalue weighted by atomic mass is 9.64. The van der Waals surface area contributed by atoms with Gasteiger partial charge in [0.15, 0.2) is 0 Å². The molecule has 2 amide bonds. The van der Waals surface area contributed by atoms with E-state index < -0.39 is 0 Å². The van der Waals surface area contributed by atoms with Crippen molar-refractivity contribution in [2.45, 2.75) is 31.6 Å². The molecule has 2 aliphatic rings. The number of anilines is 1. The van der Waals surface area contributed by atoms with Gasteiger partial charge in [0.05, 0.1) is 5.52 Å². The first-order valence-corrected chi connectivity index (χ1v) is 11.1. The quantitative estimate of drug-likeness (QED) is 0.475. The Morgan fingerprint density at radius 3 is 2.55 bits per heavy atom. The fraction of sp³-hybridized carbons (Fsp3) is 0.360. The fourth-order valence-corrected chi connectivity index (χ4v) is 5.37. The van der Waals surface area contributed by atoms with E-state index >= 15 is 0 Å². The summed E-state index contributed by atoms with van der Waals surface area (Å²) in [4.78, 5) is 20.9. The van der Waals surface area contributed by atoms with Crippen molar-refractivity contribution in [1.82, 2.24) is 9.88 Å². The molecule has 2 aromatic carbocycles. The van der Waals surface area contributed by atoms with Crippen LogP contribution in [0, 0.1) is 11.2 Å². The lowest BCUT2D eigenvalue weighted by Crippen LogP contribution is -2.61. The highest BCUT2D eigenvalue weighted by Crippen LogP contribution is 2.49. The molecule has 0 atom stereocenters. The molecule has 160 valence electrons. The summed E-state index contributed by atoms with van der Waals surface area (Å²) in [5.74, 6) is 0.200. The molecule has 0 bridgehead atoms. The van der Waals surface area contributed by atoms with Crippen LogP contribution in [-0.4, -0.2) is 36.1 Å². The number of halogens is 2. The molecule has 1 spiro atoms. The van der Waals surface area contributed by atoms with Gasteiger partial charge in [0.1, 0.15) is 5.82 Å². The second kappa shape index (κ2) is 7.79. The predicted octanol–water partition coefficient (Wildman–Crippen LogP) is 6.24. The van der Waals surface area contributed by atoms with E-state index in [0.29, 0.717) is 10.9 Å². The van der Waals surface area contributed by atoms with Crippen LogP contribution in [0.15, 0.2) is 54.7 Å². The lowest BCUT2D eigenvalue weighted by Gasteiger charge is -2.54. The molecule has 3 aromatic rings. The third-order valence-corrected chi connectivity index (χ3v) is 7.30. The molecule has 0 N–H and O–H groups in total. The van der Waals surface area contributed by atoms with E-state index in [-0.39, 0.29) is 17.3 Å². The Hall–Kier alpha value is -2.66. The van der Waals surface area contributed by atoms with Crippen LogP contribution in [0.5, 0.6) is 0 Å². The maximum atomic E-state index is 13.8. The van der Waals surface area contributed by atoms with Gasteiger partial charge in [0.25, 0.3) is 0 Å². The van der Waals surface area contributed by atoms with Gasteiger partial charge in [0.2, 0.25) is 0 Å². The van der Waals surface area contributed by atoms with Crippen LogP contribution in [0.3, 0.4) is 0 Å². The molecule has 1 aromatic heterocycles. The zero-order chi connectivity index (χ0) is 21.6. The smallest absolute Gasteiger partial charge is 0.323 e. The topological polar surface area (TPSA) is 36.4 Å². The molecule has 2 fully saturated rings. The largest absolute Gasteiger partial charge is 0.324 e. The van der Waals surface area contributed by atoms with Crippen LogP contribution in [-0.2, 0) is 0 Å². The van der Waals surface area contributed by atoms with E-state index in [4.69, 9.17) is 11.6 Å². The number of amides is 2. The minimum atomic E-state index is -0.216. The van der Waals surface area contributed by atoms with Crippen LogP contribution in [0.4, 0.5) is 14.9 Å². The van der Waals surface area contributed by atoms with Gasteiger partial charge in [-0.15, -0.1) is 0 Å². The van der Waals surface area contributed by atoms with Crippen molar-refractivity contribution in [3.05, 3.63) is 71.1 Å².